The molecule has 8 fully saturated rings. The third-order valence-electron chi connectivity index (χ3n) is 19.9. The molecule has 3 N–H and O–H groups in total. The number of alkyl halides is 4. The summed E-state index contributed by atoms with van der Waals surface area (Å²) in [5, 5.41) is 24.1. The van der Waals surface area contributed by atoms with Gasteiger partial charge < -0.3 is 43.3 Å². The van der Waals surface area contributed by atoms with Crippen LogP contribution in [-0.4, -0.2) is 110 Å². The van der Waals surface area contributed by atoms with E-state index < -0.39 is 133 Å². The second-order valence-electron chi connectivity index (χ2n) is 23.1. The maximum atomic E-state index is 17.5. The van der Waals surface area contributed by atoms with Crippen LogP contribution in [0, 0.1) is 59.2 Å². The lowest BCUT2D eigenvalue weighted by molar-refractivity contribution is -0.233. The van der Waals surface area contributed by atoms with Crippen molar-refractivity contribution in [2.45, 2.75) is 167 Å². The van der Waals surface area contributed by atoms with Gasteiger partial charge in [-0.05, 0) is 144 Å². The molecule has 2 aliphatic heterocycles. The molecule has 8 aliphatic carbocycles. The second kappa shape index (κ2) is 19.0. The number of furan rings is 2. The largest absolute Gasteiger partial charge is 0.461 e. The fourth-order valence-corrected chi connectivity index (χ4v) is 17.9. The number of ether oxygens (including phenoxy) is 4. The molecule has 2 saturated heterocycles. The third-order valence-corrected chi connectivity index (χ3v) is 21.5. The molecule has 20 heteroatoms. The van der Waals surface area contributed by atoms with Crippen molar-refractivity contribution in [3.8, 4) is 0 Å². The minimum Gasteiger partial charge on any atom is -0.461 e. The van der Waals surface area contributed by atoms with Crippen LogP contribution in [0.3, 0.4) is 0 Å². The number of fused-ring (bicyclic) bond motifs is 14. The molecule has 0 aromatic carbocycles. The zero-order valence-corrected chi connectivity index (χ0v) is 44.3. The Morgan fingerprint density at radius 1 is 0.649 bits per heavy atom. The summed E-state index contributed by atoms with van der Waals surface area (Å²) in [4.78, 5) is 64.0. The Hall–Kier alpha value is -4.15. The summed E-state index contributed by atoms with van der Waals surface area (Å²) in [7, 11) is 1.40. The van der Waals surface area contributed by atoms with Gasteiger partial charge >= 0.3 is 0 Å². The number of allylic oxidation sites excluding steroid dienone is 8. The van der Waals surface area contributed by atoms with Gasteiger partial charge in [-0.1, -0.05) is 52.6 Å². The van der Waals surface area contributed by atoms with Gasteiger partial charge in [0.2, 0.25) is 22.8 Å². The number of aliphatic hydroxyl groups excluding tert-OH is 2. The number of carbonyl (C=O) groups excluding carboxylic acids is 5. The molecule has 2 unspecified atom stereocenters. The topological polar surface area (TPSA) is 201 Å². The Morgan fingerprint density at radius 2 is 1.05 bits per heavy atom. The van der Waals surface area contributed by atoms with Crippen molar-refractivity contribution in [3.05, 3.63) is 94.9 Å². The predicted octanol–water partition coefficient (Wildman–Crippen LogP) is 10.1. The van der Waals surface area contributed by atoms with Crippen LogP contribution in [0.1, 0.15) is 117 Å². The van der Waals surface area contributed by atoms with Gasteiger partial charge in [-0.25, -0.2) is 17.6 Å². The highest BCUT2D eigenvalue weighted by Gasteiger charge is 2.82. The first-order valence-corrected chi connectivity index (χ1v) is 27.5. The predicted molar refractivity (Wildman–Crippen MR) is 277 cm³/mol. The van der Waals surface area contributed by atoms with E-state index >= 15 is 17.6 Å². The van der Waals surface area contributed by atoms with E-state index in [1.54, 1.807) is 58.2 Å². The zero-order valence-electron chi connectivity index (χ0n) is 42.7. The molecular formula is C57H69F4NO13S2. The Kier molecular flexibility index (Phi) is 14.2. The Bertz CT molecular complexity index is 2920. The number of hydrogen-bond acceptors (Lipinski definition) is 15. The smallest absolute Gasteiger partial charge is 0.286 e. The molecular weight excluding hydrogens is 1050 g/mol. The van der Waals surface area contributed by atoms with Gasteiger partial charge in [0.15, 0.2) is 45.6 Å². The summed E-state index contributed by atoms with van der Waals surface area (Å²) in [5.41, 5.74) is -12.9. The van der Waals surface area contributed by atoms with E-state index in [2.05, 4.69) is 5.32 Å². The molecule has 2 aromatic heterocycles. The van der Waals surface area contributed by atoms with Crippen molar-refractivity contribution in [1.82, 2.24) is 5.32 Å². The number of amides is 1. The number of carbonyl (C=O) groups is 5. The lowest BCUT2D eigenvalue weighted by Crippen LogP contribution is -2.70. The van der Waals surface area contributed by atoms with Crippen molar-refractivity contribution in [2.75, 3.05) is 13.3 Å². The molecule has 12 rings (SSSR count). The summed E-state index contributed by atoms with van der Waals surface area (Å²) in [5.74, 6) is -1.79. The normalized spacial score (nSPS) is 46.4. The van der Waals surface area contributed by atoms with E-state index in [1.807, 2.05) is 6.92 Å². The number of thioether (sulfide) groups is 2. The Balaban J connectivity index is 0.000000183. The monoisotopic (exact) mass is 1120 g/mol. The summed E-state index contributed by atoms with van der Waals surface area (Å²) < 4.78 is 103. The molecule has 0 bridgehead atoms. The summed E-state index contributed by atoms with van der Waals surface area (Å²) in [6, 6.07) is 6.92. The van der Waals surface area contributed by atoms with Gasteiger partial charge in [-0.3, -0.25) is 24.0 Å². The van der Waals surface area contributed by atoms with E-state index in [1.165, 1.54) is 44.4 Å². The van der Waals surface area contributed by atoms with Gasteiger partial charge in [-0.15, -0.1) is 0 Å². The average molecular weight is 1120 g/mol. The van der Waals surface area contributed by atoms with Gasteiger partial charge in [0.05, 0.1) is 24.4 Å². The molecule has 0 spiro atoms. The van der Waals surface area contributed by atoms with E-state index in [-0.39, 0.29) is 75.4 Å². The van der Waals surface area contributed by atoms with E-state index in [0.29, 0.717) is 34.8 Å². The van der Waals surface area contributed by atoms with Crippen LogP contribution in [0.5, 0.6) is 0 Å². The van der Waals surface area contributed by atoms with Gasteiger partial charge in [0.1, 0.15) is 23.9 Å². The molecule has 14 nitrogen and oxygen atoms in total. The maximum Gasteiger partial charge on any atom is 0.286 e. The fourth-order valence-electron chi connectivity index (χ4n) is 16.4. The first-order valence-electron chi connectivity index (χ1n) is 25.5. The van der Waals surface area contributed by atoms with Crippen molar-refractivity contribution in [3.63, 3.8) is 0 Å². The third kappa shape index (κ3) is 7.39. The number of aryl methyl sites for hydroxylation is 2. The molecule has 1 amide bonds. The van der Waals surface area contributed by atoms with Gasteiger partial charge in [0.25, 0.3) is 5.24 Å². The first-order chi connectivity index (χ1) is 35.2. The highest BCUT2D eigenvalue weighted by Crippen LogP contribution is 2.75. The van der Waals surface area contributed by atoms with Crippen molar-refractivity contribution >= 4 is 50.6 Å². The number of halogens is 4. The quantitative estimate of drug-likeness (QED) is 0.244. The van der Waals surface area contributed by atoms with Crippen LogP contribution in [0.15, 0.2) is 80.7 Å². The fraction of sp³-hybridized carbons (Fsp3) is 0.632. The molecule has 6 saturated carbocycles. The van der Waals surface area contributed by atoms with Crippen LogP contribution in [0.25, 0.3) is 0 Å². The minimum absolute atomic E-state index is 0. The van der Waals surface area contributed by atoms with Crippen molar-refractivity contribution in [2.24, 2.45) is 45.3 Å². The SMILES string of the molecule is C.C.CNC(=O)SC(=O)[C@@]12OC(c3ccc(C)o3)O[C@@H]1C[C@H]1[C@@H]3C[C@H](F)C4=CC(=O)C=C[C@]4(C)[C@@]3(F)[C@@H](O)C[C@@]12C.CSC(=O)[C@@]12OC(c3ccc(C)o3)O[C@@H]1C[C@H]1[C@@H]3C[C@H](F)C4=CC(=O)C=C[C@]4(C)[C@@]3(F)[C@@H](O)C[C@@]12C. The lowest BCUT2D eigenvalue weighted by Gasteiger charge is -2.63. The second-order valence-corrected chi connectivity index (χ2v) is 24.9. The van der Waals surface area contributed by atoms with Crippen LogP contribution in [-0.2, 0) is 38.1 Å². The average Bonchev–Trinajstić information content (AvgIpc) is 4.44. The summed E-state index contributed by atoms with van der Waals surface area (Å²) in [6.07, 6.45) is -0.896. The van der Waals surface area contributed by atoms with Crippen molar-refractivity contribution < 1.29 is 79.5 Å². The Morgan fingerprint density at radius 3 is 1.42 bits per heavy atom. The first kappa shape index (κ1) is 57.5. The van der Waals surface area contributed by atoms with Gasteiger partial charge in [-0.2, -0.15) is 0 Å². The van der Waals surface area contributed by atoms with Crippen LogP contribution >= 0.6 is 23.5 Å². The van der Waals surface area contributed by atoms with Gasteiger partial charge in [0, 0.05) is 52.3 Å². The zero-order chi connectivity index (χ0) is 54.0. The summed E-state index contributed by atoms with van der Waals surface area (Å²) >= 11 is 1.45. The molecule has 2 aromatic rings. The highest BCUT2D eigenvalue weighted by atomic mass is 32.2. The van der Waals surface area contributed by atoms with Crippen LogP contribution in [0.4, 0.5) is 22.4 Å². The standard InChI is InChI=1S/C28H31F2NO7S.C27H30F2O6S.2CH4/c1-13-5-6-19(36-13)22-37-21-11-15-16-10-18(29)17-9-14(32)7-8-25(17,2)27(16,30)20(33)12-26(15,3)28(21,38-22)23(34)39-24(35)31-4;1-13-5-6-19(33-13)22-34-21-11-15-16-10-18(28)17-9-14(30)7-8-24(17,2)26(16,29)20(31)12-25(15,3)27(21,35-22)23(32)36-4;;/h5-9,15-16,18,20-22,33H,10-12H2,1-4H3,(H,31,35);5-9,15-16,18,20-22,31H,10-12H2,1-4H3;2*1H4/t15-,16-,18-,20-,21+,22?,25-,26-,27-,28-;15-,16-,18-,20-,21+,22?,24-,25-,26-,27-;;/m00../s1. The van der Waals surface area contributed by atoms with Crippen LogP contribution < -0.4 is 5.32 Å². The van der Waals surface area contributed by atoms with Crippen molar-refractivity contribution in [1.29, 1.82) is 0 Å². The van der Waals surface area contributed by atoms with E-state index in [4.69, 9.17) is 27.8 Å². The number of aliphatic hydroxyl groups is 2. The highest BCUT2D eigenvalue weighted by molar-refractivity contribution is 8.26. The number of ketones is 2. The number of rotatable bonds is 4. The molecule has 77 heavy (non-hydrogen) atoms. The molecule has 10 aliphatic rings. The maximum absolute atomic E-state index is 17.5. The lowest BCUT2D eigenvalue weighted by atomic mass is 9.44. The van der Waals surface area contributed by atoms with E-state index in [0.717, 1.165) is 17.8 Å². The molecule has 0 radical (unpaired) electrons. The Labute approximate surface area is 453 Å². The number of hydrogen-bond donors (Lipinski definition) is 3. The number of nitrogens with one attached hydrogen (secondary N) is 1. The summed E-state index contributed by atoms with van der Waals surface area (Å²) in [6.45, 7) is 10.2. The molecule has 20 atom stereocenters. The van der Waals surface area contributed by atoms with Crippen LogP contribution in [0.2, 0.25) is 0 Å². The molecule has 4 heterocycles. The minimum atomic E-state index is -2.31. The van der Waals surface area contributed by atoms with E-state index in [9.17, 15) is 34.2 Å². The molecule has 420 valence electrons.